The Bertz CT molecular complexity index is 827. The molecule has 0 aliphatic carbocycles. The summed E-state index contributed by atoms with van der Waals surface area (Å²) in [5.74, 6) is -0.597. The predicted molar refractivity (Wildman–Crippen MR) is 86.4 cm³/mol. The Balaban J connectivity index is 2.37. The van der Waals surface area contributed by atoms with Gasteiger partial charge in [-0.15, -0.1) is 0 Å². The summed E-state index contributed by atoms with van der Waals surface area (Å²) in [6, 6.07) is 6.55. The van der Waals surface area contributed by atoms with E-state index in [0.29, 0.717) is 10.2 Å². The fourth-order valence-corrected chi connectivity index (χ4v) is 3.77. The summed E-state index contributed by atoms with van der Waals surface area (Å²) in [4.78, 5) is 11.5. The van der Waals surface area contributed by atoms with Crippen LogP contribution in [0.4, 0.5) is 5.69 Å². The molecule has 0 unspecified atom stereocenters. The van der Waals surface area contributed by atoms with Crippen LogP contribution in [0, 0.1) is 6.92 Å². The van der Waals surface area contributed by atoms with Gasteiger partial charge in [-0.05, 0) is 46.6 Å². The molecule has 6 nitrogen and oxygen atoms in total. The molecule has 22 heavy (non-hydrogen) atoms. The van der Waals surface area contributed by atoms with Crippen LogP contribution in [0.25, 0.3) is 0 Å². The number of benzene rings is 1. The zero-order valence-electron chi connectivity index (χ0n) is 12.3. The average molecular weight is 387 g/mol. The Morgan fingerprint density at radius 2 is 2.00 bits per heavy atom. The van der Waals surface area contributed by atoms with Crippen LogP contribution in [0.15, 0.2) is 39.8 Å². The summed E-state index contributed by atoms with van der Waals surface area (Å²) in [7, 11) is -0.983. The summed E-state index contributed by atoms with van der Waals surface area (Å²) in [6.45, 7) is 1.91. The smallest absolute Gasteiger partial charge is 0.354 e. The fourth-order valence-electron chi connectivity index (χ4n) is 1.90. The molecule has 0 radical (unpaired) electrons. The first-order chi connectivity index (χ1) is 10.2. The van der Waals surface area contributed by atoms with Gasteiger partial charge in [0.1, 0.15) is 10.6 Å². The summed E-state index contributed by atoms with van der Waals surface area (Å²) in [6.07, 6.45) is 1.36. The molecular weight excluding hydrogens is 372 g/mol. The maximum atomic E-state index is 12.4. The Hall–Kier alpha value is -1.80. The summed E-state index contributed by atoms with van der Waals surface area (Å²) in [5.41, 5.74) is 1.59. The van der Waals surface area contributed by atoms with Crippen LogP contribution in [-0.4, -0.2) is 26.1 Å². The zero-order valence-corrected chi connectivity index (χ0v) is 14.7. The van der Waals surface area contributed by atoms with Crippen molar-refractivity contribution in [1.29, 1.82) is 0 Å². The molecule has 0 aliphatic heterocycles. The Morgan fingerprint density at radius 1 is 1.32 bits per heavy atom. The Morgan fingerprint density at radius 3 is 2.59 bits per heavy atom. The van der Waals surface area contributed by atoms with Crippen LogP contribution in [0.1, 0.15) is 16.1 Å². The number of carbonyl (C=O) groups excluding carboxylic acids is 1. The second-order valence-corrected chi connectivity index (χ2v) is 7.29. The highest BCUT2D eigenvalue weighted by molar-refractivity contribution is 9.10. The number of hydrogen-bond acceptors (Lipinski definition) is 4. The second-order valence-electron chi connectivity index (χ2n) is 4.75. The third-order valence-corrected chi connectivity index (χ3v) is 5.04. The molecule has 0 saturated heterocycles. The monoisotopic (exact) mass is 386 g/mol. The zero-order chi connectivity index (χ0) is 16.5. The lowest BCUT2D eigenvalue weighted by molar-refractivity contribution is 0.0590. The number of carbonyl (C=O) groups is 1. The number of sulfonamides is 1. The van der Waals surface area contributed by atoms with E-state index in [0.717, 1.165) is 5.56 Å². The molecule has 8 heteroatoms. The van der Waals surface area contributed by atoms with E-state index >= 15 is 0 Å². The minimum atomic E-state index is -3.80. The van der Waals surface area contributed by atoms with Gasteiger partial charge >= 0.3 is 5.97 Å². The van der Waals surface area contributed by atoms with Gasteiger partial charge in [0.2, 0.25) is 0 Å². The Labute approximate surface area is 137 Å². The second kappa shape index (κ2) is 6.13. The van der Waals surface area contributed by atoms with Crippen molar-refractivity contribution in [2.75, 3.05) is 11.8 Å². The highest BCUT2D eigenvalue weighted by Crippen LogP contribution is 2.26. The number of anilines is 1. The molecule has 1 N–H and O–H groups in total. The van der Waals surface area contributed by atoms with Crippen LogP contribution in [0.3, 0.4) is 0 Å². The van der Waals surface area contributed by atoms with E-state index in [1.807, 2.05) is 13.0 Å². The first-order valence-electron chi connectivity index (χ1n) is 6.28. The van der Waals surface area contributed by atoms with Gasteiger partial charge in [0.25, 0.3) is 10.0 Å². The van der Waals surface area contributed by atoms with Crippen molar-refractivity contribution in [1.82, 2.24) is 4.57 Å². The lowest BCUT2D eigenvalue weighted by Gasteiger charge is -2.09. The number of hydrogen-bond donors (Lipinski definition) is 1. The molecule has 0 spiro atoms. The number of nitrogens with zero attached hydrogens (tertiary/aromatic N) is 1. The Kier molecular flexibility index (Phi) is 4.62. The van der Waals surface area contributed by atoms with Gasteiger partial charge in [0, 0.05) is 17.7 Å². The van der Waals surface area contributed by atoms with Gasteiger partial charge in [0.05, 0.1) is 12.8 Å². The van der Waals surface area contributed by atoms with E-state index in [1.165, 1.54) is 23.9 Å². The summed E-state index contributed by atoms with van der Waals surface area (Å²) < 4.78 is 34.0. The van der Waals surface area contributed by atoms with E-state index in [4.69, 9.17) is 0 Å². The summed E-state index contributed by atoms with van der Waals surface area (Å²) in [5, 5.41) is 0. The lowest BCUT2D eigenvalue weighted by atomic mass is 10.2. The first kappa shape index (κ1) is 16.6. The molecule has 2 rings (SSSR count). The number of halogens is 1. The van der Waals surface area contributed by atoms with E-state index in [9.17, 15) is 13.2 Å². The highest BCUT2D eigenvalue weighted by atomic mass is 79.9. The number of esters is 1. The SMILES string of the molecule is COC(=O)c1cc(S(=O)(=O)Nc2ccc(C)cc2Br)cn1C. The van der Waals surface area contributed by atoms with E-state index in [-0.39, 0.29) is 10.6 Å². The number of aryl methyl sites for hydroxylation is 2. The van der Waals surface area contributed by atoms with Gasteiger partial charge in [-0.3, -0.25) is 4.72 Å². The lowest BCUT2D eigenvalue weighted by Crippen LogP contribution is -2.12. The number of aromatic nitrogens is 1. The van der Waals surface area contributed by atoms with Crippen LogP contribution in [0.2, 0.25) is 0 Å². The molecule has 1 aromatic heterocycles. The van der Waals surface area contributed by atoms with Crippen molar-refractivity contribution >= 4 is 37.6 Å². The van der Waals surface area contributed by atoms with Gasteiger partial charge in [-0.2, -0.15) is 0 Å². The summed E-state index contributed by atoms with van der Waals surface area (Å²) >= 11 is 3.32. The van der Waals surface area contributed by atoms with Crippen molar-refractivity contribution in [2.24, 2.45) is 7.05 Å². The van der Waals surface area contributed by atoms with Gasteiger partial charge in [-0.25, -0.2) is 13.2 Å². The van der Waals surface area contributed by atoms with Crippen molar-refractivity contribution in [2.45, 2.75) is 11.8 Å². The molecule has 0 bridgehead atoms. The van der Waals surface area contributed by atoms with Crippen molar-refractivity contribution in [3.8, 4) is 0 Å². The molecule has 1 aromatic carbocycles. The van der Waals surface area contributed by atoms with Crippen LogP contribution in [-0.2, 0) is 21.8 Å². The maximum Gasteiger partial charge on any atom is 0.354 e. The quantitative estimate of drug-likeness (QED) is 0.819. The third-order valence-electron chi connectivity index (χ3n) is 3.05. The largest absolute Gasteiger partial charge is 0.464 e. The first-order valence-corrected chi connectivity index (χ1v) is 8.56. The van der Waals surface area contributed by atoms with Gasteiger partial charge in [0.15, 0.2) is 0 Å². The predicted octanol–water partition coefficient (Wildman–Crippen LogP) is 2.68. The topological polar surface area (TPSA) is 77.4 Å². The maximum absolute atomic E-state index is 12.4. The van der Waals surface area contributed by atoms with Crippen LogP contribution < -0.4 is 4.72 Å². The minimum Gasteiger partial charge on any atom is -0.464 e. The number of nitrogens with one attached hydrogen (secondary N) is 1. The van der Waals surface area contributed by atoms with Gasteiger partial charge in [-0.1, -0.05) is 6.07 Å². The standard InChI is InChI=1S/C14H15BrN2O4S/c1-9-4-5-12(11(15)6-9)16-22(19,20)10-7-13(14(18)21-3)17(2)8-10/h4-8,16H,1-3H3. The molecule has 0 atom stereocenters. The minimum absolute atomic E-state index is 0.0112. The van der Waals surface area contributed by atoms with Crippen LogP contribution in [0.5, 0.6) is 0 Å². The fraction of sp³-hybridized carbons (Fsp3) is 0.214. The van der Waals surface area contributed by atoms with Crippen LogP contribution >= 0.6 is 15.9 Å². The number of ether oxygens (including phenoxy) is 1. The highest BCUT2D eigenvalue weighted by Gasteiger charge is 2.21. The van der Waals surface area contributed by atoms with Crippen molar-refractivity contribution in [3.05, 3.63) is 46.2 Å². The molecule has 2 aromatic rings. The molecule has 0 fully saturated rings. The van der Waals surface area contributed by atoms with Gasteiger partial charge < -0.3 is 9.30 Å². The normalized spacial score (nSPS) is 11.3. The van der Waals surface area contributed by atoms with E-state index in [2.05, 4.69) is 25.4 Å². The number of rotatable bonds is 4. The molecular formula is C14H15BrN2O4S. The third kappa shape index (κ3) is 3.33. The molecule has 0 amide bonds. The molecule has 1 heterocycles. The molecule has 0 aliphatic rings. The van der Waals surface area contributed by atoms with E-state index in [1.54, 1.807) is 19.2 Å². The number of methoxy groups -OCH3 is 1. The van der Waals surface area contributed by atoms with E-state index < -0.39 is 16.0 Å². The van der Waals surface area contributed by atoms with Crippen molar-refractivity contribution < 1.29 is 17.9 Å². The molecule has 0 saturated carbocycles. The van der Waals surface area contributed by atoms with Crippen molar-refractivity contribution in [3.63, 3.8) is 0 Å². The molecule has 118 valence electrons. The average Bonchev–Trinajstić information content (AvgIpc) is 2.84.